The lowest BCUT2D eigenvalue weighted by molar-refractivity contribution is -0.123. The SMILES string of the molecule is COCC(=O)CN(C)Cc1cscn1. The maximum atomic E-state index is 11.2. The first kappa shape index (κ1) is 11.3. The Bertz CT molecular complexity index is 274. The van der Waals surface area contributed by atoms with Crippen LogP contribution in [-0.4, -0.2) is 43.0 Å². The van der Waals surface area contributed by atoms with Crippen LogP contribution in [-0.2, 0) is 16.1 Å². The summed E-state index contributed by atoms with van der Waals surface area (Å²) in [5, 5.41) is 1.98. The lowest BCUT2D eigenvalue weighted by Gasteiger charge is -2.13. The number of methoxy groups -OCH3 is 1. The van der Waals surface area contributed by atoms with Gasteiger partial charge in [-0.3, -0.25) is 9.69 Å². The fourth-order valence-corrected chi connectivity index (χ4v) is 1.71. The second-order valence-electron chi connectivity index (χ2n) is 3.12. The Morgan fingerprint density at radius 2 is 2.50 bits per heavy atom. The number of hydrogen-bond donors (Lipinski definition) is 0. The Morgan fingerprint density at radius 1 is 1.71 bits per heavy atom. The summed E-state index contributed by atoms with van der Waals surface area (Å²) in [6.07, 6.45) is 0. The third-order valence-electron chi connectivity index (χ3n) is 1.67. The van der Waals surface area contributed by atoms with Gasteiger partial charge < -0.3 is 4.74 Å². The first-order valence-corrected chi connectivity index (χ1v) is 5.23. The molecule has 5 heteroatoms. The number of carbonyl (C=O) groups excluding carboxylic acids is 1. The molecule has 0 radical (unpaired) electrons. The summed E-state index contributed by atoms with van der Waals surface area (Å²) >= 11 is 1.56. The second kappa shape index (κ2) is 5.85. The van der Waals surface area contributed by atoms with Gasteiger partial charge in [0.25, 0.3) is 0 Å². The van der Waals surface area contributed by atoms with Gasteiger partial charge in [0, 0.05) is 19.0 Å². The molecule has 0 aliphatic carbocycles. The molecule has 0 fully saturated rings. The van der Waals surface area contributed by atoms with Crippen LogP contribution in [0.3, 0.4) is 0 Å². The molecule has 0 unspecified atom stereocenters. The normalized spacial score (nSPS) is 10.8. The van der Waals surface area contributed by atoms with Gasteiger partial charge in [-0.05, 0) is 7.05 Å². The van der Waals surface area contributed by atoms with E-state index >= 15 is 0 Å². The van der Waals surface area contributed by atoms with Gasteiger partial charge in [-0.2, -0.15) is 0 Å². The van der Waals surface area contributed by atoms with Crippen molar-refractivity contribution >= 4 is 17.1 Å². The number of thiazole rings is 1. The van der Waals surface area contributed by atoms with Gasteiger partial charge >= 0.3 is 0 Å². The molecule has 78 valence electrons. The van der Waals surface area contributed by atoms with Crippen LogP contribution in [0.1, 0.15) is 5.69 Å². The zero-order chi connectivity index (χ0) is 10.4. The number of carbonyl (C=O) groups is 1. The van der Waals surface area contributed by atoms with Crippen molar-refractivity contribution in [1.82, 2.24) is 9.88 Å². The van der Waals surface area contributed by atoms with Crippen molar-refractivity contribution in [1.29, 1.82) is 0 Å². The Labute approximate surface area is 87.5 Å². The van der Waals surface area contributed by atoms with Crippen molar-refractivity contribution in [3.63, 3.8) is 0 Å². The molecule has 1 aromatic rings. The molecule has 1 heterocycles. The summed E-state index contributed by atoms with van der Waals surface area (Å²) in [6.45, 7) is 1.30. The van der Waals surface area contributed by atoms with Crippen molar-refractivity contribution in [2.45, 2.75) is 6.54 Å². The van der Waals surface area contributed by atoms with Gasteiger partial charge in [0.2, 0.25) is 0 Å². The van der Waals surface area contributed by atoms with Crippen LogP contribution >= 0.6 is 11.3 Å². The molecule has 1 rings (SSSR count). The van der Waals surface area contributed by atoms with Crippen molar-refractivity contribution < 1.29 is 9.53 Å². The van der Waals surface area contributed by atoms with E-state index < -0.39 is 0 Å². The molecule has 0 saturated carbocycles. The van der Waals surface area contributed by atoms with E-state index in [1.807, 2.05) is 17.3 Å². The number of likely N-dealkylation sites (N-methyl/N-ethyl adjacent to an activating group) is 1. The van der Waals surface area contributed by atoms with E-state index in [4.69, 9.17) is 4.74 Å². The average Bonchev–Trinajstić information content (AvgIpc) is 2.56. The van der Waals surface area contributed by atoms with E-state index in [1.54, 1.807) is 16.8 Å². The number of hydrogen-bond acceptors (Lipinski definition) is 5. The molecule has 0 aromatic carbocycles. The van der Waals surface area contributed by atoms with Crippen LogP contribution in [0.25, 0.3) is 0 Å². The van der Waals surface area contributed by atoms with E-state index in [9.17, 15) is 4.79 Å². The lowest BCUT2D eigenvalue weighted by atomic mass is 10.3. The van der Waals surface area contributed by atoms with Gasteiger partial charge in [0.15, 0.2) is 5.78 Å². The summed E-state index contributed by atoms with van der Waals surface area (Å²) in [5.41, 5.74) is 2.79. The number of rotatable bonds is 6. The van der Waals surface area contributed by atoms with Gasteiger partial charge in [-0.25, -0.2) is 4.98 Å². The van der Waals surface area contributed by atoms with Crippen LogP contribution in [0.15, 0.2) is 10.9 Å². The highest BCUT2D eigenvalue weighted by molar-refractivity contribution is 7.07. The molecular formula is C9H14N2O2S. The Hall–Kier alpha value is -0.780. The topological polar surface area (TPSA) is 42.4 Å². The minimum Gasteiger partial charge on any atom is -0.377 e. The number of aromatic nitrogens is 1. The summed E-state index contributed by atoms with van der Waals surface area (Å²) in [4.78, 5) is 17.3. The Morgan fingerprint density at radius 3 is 3.07 bits per heavy atom. The quantitative estimate of drug-likeness (QED) is 0.702. The predicted octanol–water partition coefficient (Wildman–Crippen LogP) is 0.790. The second-order valence-corrected chi connectivity index (χ2v) is 3.84. The molecular weight excluding hydrogens is 200 g/mol. The fraction of sp³-hybridized carbons (Fsp3) is 0.556. The molecule has 0 atom stereocenters. The molecule has 0 bridgehead atoms. The van der Waals surface area contributed by atoms with E-state index in [0.717, 1.165) is 5.69 Å². The van der Waals surface area contributed by atoms with E-state index in [0.29, 0.717) is 13.1 Å². The van der Waals surface area contributed by atoms with Gasteiger partial charge in [0.1, 0.15) is 6.61 Å². The largest absolute Gasteiger partial charge is 0.377 e. The Kier molecular flexibility index (Phi) is 4.72. The first-order valence-electron chi connectivity index (χ1n) is 4.28. The van der Waals surface area contributed by atoms with E-state index in [1.165, 1.54) is 7.11 Å². The number of ether oxygens (including phenoxy) is 1. The van der Waals surface area contributed by atoms with Crippen molar-refractivity contribution in [3.05, 3.63) is 16.6 Å². The van der Waals surface area contributed by atoms with Crippen LogP contribution in [0.2, 0.25) is 0 Å². The van der Waals surface area contributed by atoms with Crippen molar-refractivity contribution in [3.8, 4) is 0 Å². The summed E-state index contributed by atoms with van der Waals surface area (Å²) in [7, 11) is 3.42. The van der Waals surface area contributed by atoms with Crippen LogP contribution in [0.4, 0.5) is 0 Å². The highest BCUT2D eigenvalue weighted by Crippen LogP contribution is 2.03. The van der Waals surface area contributed by atoms with Crippen molar-refractivity contribution in [2.75, 3.05) is 27.3 Å². The minimum absolute atomic E-state index is 0.0882. The highest BCUT2D eigenvalue weighted by Gasteiger charge is 2.07. The van der Waals surface area contributed by atoms with Crippen LogP contribution < -0.4 is 0 Å². The minimum atomic E-state index is 0.0882. The summed E-state index contributed by atoms with van der Waals surface area (Å²) in [5.74, 6) is 0.0882. The third-order valence-corrected chi connectivity index (χ3v) is 2.30. The van der Waals surface area contributed by atoms with Crippen molar-refractivity contribution in [2.24, 2.45) is 0 Å². The Balaban J connectivity index is 2.29. The molecule has 0 aliphatic heterocycles. The molecule has 1 aromatic heterocycles. The van der Waals surface area contributed by atoms with Gasteiger partial charge in [-0.1, -0.05) is 0 Å². The summed E-state index contributed by atoms with van der Waals surface area (Å²) in [6, 6.07) is 0. The number of ketones is 1. The number of Topliss-reactive ketones (excluding diaryl/α,β-unsaturated/α-hetero) is 1. The molecule has 4 nitrogen and oxygen atoms in total. The molecule has 0 spiro atoms. The third kappa shape index (κ3) is 3.95. The smallest absolute Gasteiger partial charge is 0.172 e. The fourth-order valence-electron chi connectivity index (χ4n) is 1.16. The monoisotopic (exact) mass is 214 g/mol. The zero-order valence-electron chi connectivity index (χ0n) is 8.40. The molecule has 0 N–H and O–H groups in total. The van der Waals surface area contributed by atoms with Gasteiger partial charge in [0.05, 0.1) is 17.7 Å². The average molecular weight is 214 g/mol. The van der Waals surface area contributed by atoms with E-state index in [-0.39, 0.29) is 12.4 Å². The predicted molar refractivity (Wildman–Crippen MR) is 55.3 cm³/mol. The molecule has 0 amide bonds. The standard InChI is InChI=1S/C9H14N2O2S/c1-11(4-9(12)5-13-2)3-8-6-14-7-10-8/h6-7H,3-5H2,1-2H3. The molecule has 0 aliphatic rings. The van der Waals surface area contributed by atoms with Gasteiger partial charge in [-0.15, -0.1) is 11.3 Å². The first-order chi connectivity index (χ1) is 6.72. The number of nitrogens with zero attached hydrogens (tertiary/aromatic N) is 2. The van der Waals surface area contributed by atoms with Crippen LogP contribution in [0, 0.1) is 0 Å². The molecule has 14 heavy (non-hydrogen) atoms. The maximum Gasteiger partial charge on any atom is 0.172 e. The highest BCUT2D eigenvalue weighted by atomic mass is 32.1. The molecule has 0 saturated heterocycles. The maximum absolute atomic E-state index is 11.2. The van der Waals surface area contributed by atoms with Crippen LogP contribution in [0.5, 0.6) is 0 Å². The zero-order valence-corrected chi connectivity index (χ0v) is 9.21. The lowest BCUT2D eigenvalue weighted by Crippen LogP contribution is -2.27. The summed E-state index contributed by atoms with van der Waals surface area (Å²) < 4.78 is 4.75. The van der Waals surface area contributed by atoms with E-state index in [2.05, 4.69) is 4.98 Å².